The summed E-state index contributed by atoms with van der Waals surface area (Å²) in [5.41, 5.74) is 0.304. The molecule has 0 spiro atoms. The average Bonchev–Trinajstić information content (AvgIpc) is 2.59. The van der Waals surface area contributed by atoms with Crippen LogP contribution >= 0.6 is 0 Å². The van der Waals surface area contributed by atoms with Gasteiger partial charge in [0.05, 0.1) is 0 Å². The molecule has 0 N–H and O–H groups in total. The van der Waals surface area contributed by atoms with Gasteiger partial charge in [-0.05, 0) is 35.1 Å². The van der Waals surface area contributed by atoms with Gasteiger partial charge in [-0.25, -0.2) is 0 Å². The van der Waals surface area contributed by atoms with E-state index >= 15 is 0 Å². The summed E-state index contributed by atoms with van der Waals surface area (Å²) in [4.78, 5) is 0. The van der Waals surface area contributed by atoms with E-state index in [4.69, 9.17) is 8.85 Å². The van der Waals surface area contributed by atoms with Crippen LogP contribution in [-0.2, 0) is 8.85 Å². The highest BCUT2D eigenvalue weighted by molar-refractivity contribution is 6.92. The van der Waals surface area contributed by atoms with E-state index in [1.54, 1.807) is 0 Å². The van der Waals surface area contributed by atoms with Crippen molar-refractivity contribution < 1.29 is 8.85 Å². The van der Waals surface area contributed by atoms with E-state index in [1.807, 2.05) is 12.1 Å². The highest BCUT2D eigenvalue weighted by Crippen LogP contribution is 2.25. The highest BCUT2D eigenvalue weighted by atomic mass is 28.4. The lowest BCUT2D eigenvalue weighted by Gasteiger charge is -2.33. The van der Waals surface area contributed by atoms with Gasteiger partial charge in [-0.1, -0.05) is 88.4 Å². The van der Waals surface area contributed by atoms with Crippen molar-refractivity contribution >= 4 is 18.9 Å². The molecule has 136 valence electrons. The summed E-state index contributed by atoms with van der Waals surface area (Å²) < 4.78 is 13.1. The summed E-state index contributed by atoms with van der Waals surface area (Å²) in [5.74, 6) is 0.486. The predicted octanol–water partition coefficient (Wildman–Crippen LogP) is 4.37. The fraction of sp³-hybridized carbons (Fsp3) is 0.455. The first-order valence-electron chi connectivity index (χ1n) is 9.26. The van der Waals surface area contributed by atoms with Gasteiger partial charge in [0.1, 0.15) is 0 Å². The maximum Gasteiger partial charge on any atom is 0.407 e. The third kappa shape index (κ3) is 5.53. The molecule has 0 saturated heterocycles. The quantitative estimate of drug-likeness (QED) is 0.654. The van der Waals surface area contributed by atoms with E-state index in [2.05, 4.69) is 83.1 Å². The van der Waals surface area contributed by atoms with Crippen LogP contribution in [0.4, 0.5) is 0 Å². The molecule has 25 heavy (non-hydrogen) atoms. The van der Waals surface area contributed by atoms with Crippen molar-refractivity contribution in [1.29, 1.82) is 0 Å². The molecule has 3 heteroatoms. The van der Waals surface area contributed by atoms with E-state index in [0.717, 1.165) is 6.42 Å². The van der Waals surface area contributed by atoms with Crippen molar-refractivity contribution in [1.82, 2.24) is 0 Å². The van der Waals surface area contributed by atoms with Crippen LogP contribution in [0.1, 0.15) is 41.0 Å². The predicted molar refractivity (Wildman–Crippen MR) is 109 cm³/mol. The summed E-state index contributed by atoms with van der Waals surface area (Å²) in [5, 5.41) is 2.34. The third-order valence-electron chi connectivity index (χ3n) is 4.19. The second kappa shape index (κ2) is 8.79. The Hall–Kier alpha value is -1.42. The van der Waals surface area contributed by atoms with Crippen LogP contribution in [0, 0.1) is 11.3 Å². The Morgan fingerprint density at radius 3 is 1.72 bits per heavy atom. The Kier molecular flexibility index (Phi) is 7.00. The molecular weight excluding hydrogens is 324 g/mol. The van der Waals surface area contributed by atoms with E-state index < -0.39 is 8.56 Å². The molecular formula is C22H32O2Si. The van der Waals surface area contributed by atoms with Gasteiger partial charge >= 0.3 is 8.56 Å². The molecule has 0 radical (unpaired) electrons. The molecule has 0 bridgehead atoms. The molecule has 2 aromatic carbocycles. The fourth-order valence-electron chi connectivity index (χ4n) is 3.42. The molecule has 2 nitrogen and oxygen atoms in total. The first kappa shape index (κ1) is 19.9. The molecule has 0 aliphatic carbocycles. The standard InChI is InChI=1S/C22H32O2Si/c1-6-23-25(20-13-9-7-10-14-20,21-15-11-8-12-16-21)24-18-19(2)17-22(3,4)5/h7-16,19H,6,17-18H2,1-5H3. The van der Waals surface area contributed by atoms with Crippen molar-refractivity contribution in [3.63, 3.8) is 0 Å². The molecule has 1 atom stereocenters. The monoisotopic (exact) mass is 356 g/mol. The van der Waals surface area contributed by atoms with Crippen molar-refractivity contribution in [2.75, 3.05) is 13.2 Å². The van der Waals surface area contributed by atoms with Crippen LogP contribution in [-0.4, -0.2) is 21.8 Å². The van der Waals surface area contributed by atoms with Crippen molar-refractivity contribution in [2.24, 2.45) is 11.3 Å². The van der Waals surface area contributed by atoms with E-state index in [1.165, 1.54) is 10.4 Å². The minimum Gasteiger partial charge on any atom is -0.388 e. The Balaban J connectivity index is 2.34. The first-order chi connectivity index (χ1) is 11.9. The minimum absolute atomic E-state index is 0.304. The average molecular weight is 357 g/mol. The molecule has 0 saturated carbocycles. The van der Waals surface area contributed by atoms with E-state index in [9.17, 15) is 0 Å². The molecule has 0 aliphatic heterocycles. The molecule has 0 fully saturated rings. The normalized spacial score (nSPS) is 13.6. The number of rotatable bonds is 8. The van der Waals surface area contributed by atoms with Gasteiger partial charge in [0.25, 0.3) is 0 Å². The van der Waals surface area contributed by atoms with Crippen molar-refractivity contribution in [3.05, 3.63) is 60.7 Å². The van der Waals surface area contributed by atoms with Crippen LogP contribution in [0.3, 0.4) is 0 Å². The number of hydrogen-bond donors (Lipinski definition) is 0. The van der Waals surface area contributed by atoms with Gasteiger partial charge in [0, 0.05) is 13.2 Å². The Morgan fingerprint density at radius 1 is 0.840 bits per heavy atom. The smallest absolute Gasteiger partial charge is 0.388 e. The largest absolute Gasteiger partial charge is 0.407 e. The SMILES string of the molecule is CCO[Si](OCC(C)CC(C)(C)C)(c1ccccc1)c1ccccc1. The van der Waals surface area contributed by atoms with Gasteiger partial charge in [0.2, 0.25) is 0 Å². The zero-order valence-electron chi connectivity index (χ0n) is 16.3. The third-order valence-corrected chi connectivity index (χ3v) is 7.64. The highest BCUT2D eigenvalue weighted by Gasteiger charge is 2.42. The maximum absolute atomic E-state index is 6.67. The van der Waals surface area contributed by atoms with Gasteiger partial charge in [-0.2, -0.15) is 0 Å². The number of benzene rings is 2. The van der Waals surface area contributed by atoms with Crippen molar-refractivity contribution in [2.45, 2.75) is 41.0 Å². The Morgan fingerprint density at radius 2 is 1.32 bits per heavy atom. The summed E-state index contributed by atoms with van der Waals surface area (Å²) in [6, 6.07) is 20.9. The van der Waals surface area contributed by atoms with Gasteiger partial charge in [-0.15, -0.1) is 0 Å². The van der Waals surface area contributed by atoms with E-state index in [-0.39, 0.29) is 0 Å². The lowest BCUT2D eigenvalue weighted by molar-refractivity contribution is 0.154. The van der Waals surface area contributed by atoms with Gasteiger partial charge < -0.3 is 8.85 Å². The second-order valence-corrected chi connectivity index (χ2v) is 10.9. The minimum atomic E-state index is -2.69. The van der Waals surface area contributed by atoms with Gasteiger partial charge in [0.15, 0.2) is 0 Å². The summed E-state index contributed by atoms with van der Waals surface area (Å²) in [6.07, 6.45) is 1.13. The lowest BCUT2D eigenvalue weighted by Crippen LogP contribution is -2.63. The zero-order valence-corrected chi connectivity index (χ0v) is 17.3. The molecule has 2 aromatic rings. The van der Waals surface area contributed by atoms with Crippen LogP contribution in [0.15, 0.2) is 60.7 Å². The summed E-state index contributed by atoms with van der Waals surface area (Å²) in [6.45, 7) is 12.5. The number of hydrogen-bond acceptors (Lipinski definition) is 2. The molecule has 1 unspecified atom stereocenters. The fourth-order valence-corrected chi connectivity index (χ4v) is 6.70. The first-order valence-corrected chi connectivity index (χ1v) is 11.1. The molecule has 0 aliphatic rings. The zero-order chi connectivity index (χ0) is 18.3. The molecule has 0 aromatic heterocycles. The Labute approximate surface area is 154 Å². The maximum atomic E-state index is 6.67. The van der Waals surface area contributed by atoms with Crippen LogP contribution in [0.2, 0.25) is 0 Å². The second-order valence-electron chi connectivity index (χ2n) is 7.96. The summed E-state index contributed by atoms with van der Waals surface area (Å²) in [7, 11) is -2.69. The van der Waals surface area contributed by atoms with Gasteiger partial charge in [-0.3, -0.25) is 0 Å². The summed E-state index contributed by atoms with van der Waals surface area (Å²) >= 11 is 0. The molecule has 2 rings (SSSR count). The van der Waals surface area contributed by atoms with E-state index in [0.29, 0.717) is 24.5 Å². The van der Waals surface area contributed by atoms with Crippen molar-refractivity contribution in [3.8, 4) is 0 Å². The Bertz CT molecular complexity index is 580. The van der Waals surface area contributed by atoms with Crippen LogP contribution in [0.5, 0.6) is 0 Å². The van der Waals surface area contributed by atoms with Crippen LogP contribution < -0.4 is 10.4 Å². The lowest BCUT2D eigenvalue weighted by atomic mass is 9.86. The molecule has 0 heterocycles. The van der Waals surface area contributed by atoms with Crippen LogP contribution in [0.25, 0.3) is 0 Å². The molecule has 0 amide bonds. The topological polar surface area (TPSA) is 18.5 Å².